The topological polar surface area (TPSA) is 49.6 Å². The van der Waals surface area contributed by atoms with E-state index in [0.717, 1.165) is 9.37 Å². The first-order valence-electron chi connectivity index (χ1n) is 4.44. The molecule has 5 heteroatoms. The molecule has 1 aromatic heterocycles. The lowest BCUT2D eigenvalue weighted by Crippen LogP contribution is -1.88. The fraction of sp³-hybridized carbons (Fsp3) is 0. The standard InChI is InChI=1S/C11H6BrN3S/c12-8-1-3-10(4-2-8)16-11-14-6-5-9(7-13)15-11/h1-6H. The normalized spacial score (nSPS) is 9.75. The molecule has 0 amide bonds. The first kappa shape index (κ1) is 11.1. The van der Waals surface area contributed by atoms with Gasteiger partial charge in [-0.3, -0.25) is 0 Å². The average molecular weight is 292 g/mol. The van der Waals surface area contributed by atoms with Crippen molar-refractivity contribution < 1.29 is 0 Å². The van der Waals surface area contributed by atoms with Gasteiger partial charge in [0, 0.05) is 15.6 Å². The Balaban J connectivity index is 2.21. The summed E-state index contributed by atoms with van der Waals surface area (Å²) in [4.78, 5) is 9.22. The third-order valence-electron chi connectivity index (χ3n) is 1.77. The predicted molar refractivity (Wildman–Crippen MR) is 65.0 cm³/mol. The van der Waals surface area contributed by atoms with Gasteiger partial charge in [0.15, 0.2) is 5.16 Å². The fourth-order valence-corrected chi connectivity index (χ4v) is 2.07. The molecule has 78 valence electrons. The van der Waals surface area contributed by atoms with Gasteiger partial charge in [-0.15, -0.1) is 0 Å². The zero-order valence-corrected chi connectivity index (χ0v) is 10.5. The Morgan fingerprint density at radius 2 is 1.94 bits per heavy atom. The van der Waals surface area contributed by atoms with Crippen molar-refractivity contribution in [3.05, 3.63) is 46.7 Å². The third kappa shape index (κ3) is 2.81. The van der Waals surface area contributed by atoms with E-state index >= 15 is 0 Å². The number of aromatic nitrogens is 2. The maximum absolute atomic E-state index is 8.71. The summed E-state index contributed by atoms with van der Waals surface area (Å²) < 4.78 is 1.03. The van der Waals surface area contributed by atoms with Crippen molar-refractivity contribution in [2.24, 2.45) is 0 Å². The molecule has 0 saturated carbocycles. The summed E-state index contributed by atoms with van der Waals surface area (Å²) in [6.07, 6.45) is 1.59. The van der Waals surface area contributed by atoms with Gasteiger partial charge in [0.25, 0.3) is 0 Å². The van der Waals surface area contributed by atoms with Gasteiger partial charge < -0.3 is 0 Å². The van der Waals surface area contributed by atoms with Crippen LogP contribution < -0.4 is 0 Å². The molecule has 1 aromatic carbocycles. The number of hydrogen-bond donors (Lipinski definition) is 0. The second kappa shape index (κ2) is 5.10. The van der Waals surface area contributed by atoms with Crippen LogP contribution in [0.5, 0.6) is 0 Å². The molecule has 0 aliphatic rings. The van der Waals surface area contributed by atoms with Crippen LogP contribution in [-0.4, -0.2) is 9.97 Å². The third-order valence-corrected chi connectivity index (χ3v) is 3.19. The molecule has 0 atom stereocenters. The molecule has 0 aliphatic heterocycles. The number of hydrogen-bond acceptors (Lipinski definition) is 4. The minimum absolute atomic E-state index is 0.384. The molecule has 0 radical (unpaired) electrons. The van der Waals surface area contributed by atoms with E-state index in [2.05, 4.69) is 25.9 Å². The monoisotopic (exact) mass is 291 g/mol. The van der Waals surface area contributed by atoms with Crippen LogP contribution in [0.4, 0.5) is 0 Å². The number of nitriles is 1. The van der Waals surface area contributed by atoms with E-state index in [9.17, 15) is 0 Å². The predicted octanol–water partition coefficient (Wildman–Crippen LogP) is 3.26. The smallest absolute Gasteiger partial charge is 0.193 e. The summed E-state index contributed by atoms with van der Waals surface area (Å²) in [5, 5.41) is 9.29. The van der Waals surface area contributed by atoms with E-state index < -0.39 is 0 Å². The van der Waals surface area contributed by atoms with Gasteiger partial charge in [-0.2, -0.15) is 5.26 Å². The molecule has 0 spiro atoms. The maximum atomic E-state index is 8.71. The van der Waals surface area contributed by atoms with Crippen LogP contribution in [0.25, 0.3) is 0 Å². The van der Waals surface area contributed by atoms with Crippen molar-refractivity contribution in [1.29, 1.82) is 5.26 Å². The van der Waals surface area contributed by atoms with E-state index in [0.29, 0.717) is 10.9 Å². The van der Waals surface area contributed by atoms with Crippen molar-refractivity contribution in [2.75, 3.05) is 0 Å². The number of benzene rings is 1. The van der Waals surface area contributed by atoms with Gasteiger partial charge in [0.2, 0.25) is 0 Å². The van der Waals surface area contributed by atoms with Gasteiger partial charge in [0.05, 0.1) is 0 Å². The van der Waals surface area contributed by atoms with Crippen molar-refractivity contribution in [3.8, 4) is 6.07 Å². The minimum atomic E-state index is 0.384. The van der Waals surface area contributed by atoms with E-state index in [-0.39, 0.29) is 0 Å². The molecule has 2 rings (SSSR count). The second-order valence-electron chi connectivity index (χ2n) is 2.89. The zero-order valence-electron chi connectivity index (χ0n) is 8.09. The van der Waals surface area contributed by atoms with Crippen LogP contribution in [0, 0.1) is 11.3 Å². The van der Waals surface area contributed by atoms with Crippen LogP contribution in [0.2, 0.25) is 0 Å². The van der Waals surface area contributed by atoms with E-state index in [1.54, 1.807) is 12.3 Å². The second-order valence-corrected chi connectivity index (χ2v) is 4.85. The van der Waals surface area contributed by atoms with E-state index in [4.69, 9.17) is 5.26 Å². The number of nitrogens with zero attached hydrogens (tertiary/aromatic N) is 3. The summed E-state index contributed by atoms with van der Waals surface area (Å²) in [6.45, 7) is 0. The Hall–Kier alpha value is -1.38. The molecule has 0 bridgehead atoms. The molecule has 0 saturated heterocycles. The highest BCUT2D eigenvalue weighted by molar-refractivity contribution is 9.10. The quantitative estimate of drug-likeness (QED) is 0.797. The van der Waals surface area contributed by atoms with Crippen molar-refractivity contribution in [1.82, 2.24) is 9.97 Å². The fourth-order valence-electron chi connectivity index (χ4n) is 1.06. The minimum Gasteiger partial charge on any atom is -0.231 e. The molecule has 0 N–H and O–H groups in total. The highest BCUT2D eigenvalue weighted by Gasteiger charge is 2.01. The summed E-state index contributed by atoms with van der Waals surface area (Å²) in [5.41, 5.74) is 0.384. The molecule has 0 unspecified atom stereocenters. The van der Waals surface area contributed by atoms with Crippen molar-refractivity contribution in [2.45, 2.75) is 10.1 Å². The van der Waals surface area contributed by atoms with Crippen LogP contribution in [0.1, 0.15) is 5.69 Å². The molecule has 1 heterocycles. The lowest BCUT2D eigenvalue weighted by molar-refractivity contribution is 0.952. The summed E-state index contributed by atoms with van der Waals surface area (Å²) in [5.74, 6) is 0. The SMILES string of the molecule is N#Cc1ccnc(Sc2ccc(Br)cc2)n1. The molecule has 0 fully saturated rings. The molecule has 2 aromatic rings. The largest absolute Gasteiger partial charge is 0.231 e. The zero-order chi connectivity index (χ0) is 11.4. The Labute approximate surface area is 106 Å². The first-order chi connectivity index (χ1) is 7.78. The van der Waals surface area contributed by atoms with Gasteiger partial charge in [-0.1, -0.05) is 15.9 Å². The summed E-state index contributed by atoms with van der Waals surface area (Å²) >= 11 is 4.80. The molecule has 3 nitrogen and oxygen atoms in total. The van der Waals surface area contributed by atoms with Crippen LogP contribution in [-0.2, 0) is 0 Å². The van der Waals surface area contributed by atoms with Crippen molar-refractivity contribution >= 4 is 27.7 Å². The van der Waals surface area contributed by atoms with Gasteiger partial charge in [-0.25, -0.2) is 9.97 Å². The molecular formula is C11H6BrN3S. The molecule has 0 aliphatic carbocycles. The lowest BCUT2D eigenvalue weighted by atomic mass is 10.4. The highest BCUT2D eigenvalue weighted by Crippen LogP contribution is 2.25. The van der Waals surface area contributed by atoms with Crippen LogP contribution in [0.15, 0.2) is 51.1 Å². The first-order valence-corrected chi connectivity index (χ1v) is 6.05. The molecular weight excluding hydrogens is 286 g/mol. The maximum Gasteiger partial charge on any atom is 0.193 e. The Morgan fingerprint density at radius 1 is 1.19 bits per heavy atom. The Kier molecular flexibility index (Phi) is 3.54. The number of rotatable bonds is 2. The van der Waals surface area contributed by atoms with E-state index in [1.165, 1.54) is 11.8 Å². The van der Waals surface area contributed by atoms with Crippen LogP contribution in [0.3, 0.4) is 0 Å². The Morgan fingerprint density at radius 3 is 2.62 bits per heavy atom. The summed E-state index contributed by atoms with van der Waals surface area (Å²) in [6, 6.07) is 11.4. The average Bonchev–Trinajstić information content (AvgIpc) is 2.32. The van der Waals surface area contributed by atoms with Crippen LogP contribution >= 0.6 is 27.7 Å². The van der Waals surface area contributed by atoms with E-state index in [1.807, 2.05) is 30.3 Å². The highest BCUT2D eigenvalue weighted by atomic mass is 79.9. The Bertz CT molecular complexity index is 534. The number of halogens is 1. The van der Waals surface area contributed by atoms with Gasteiger partial charge in [-0.05, 0) is 42.1 Å². The van der Waals surface area contributed by atoms with Gasteiger partial charge >= 0.3 is 0 Å². The molecule has 16 heavy (non-hydrogen) atoms. The lowest BCUT2D eigenvalue weighted by Gasteiger charge is -1.99. The van der Waals surface area contributed by atoms with Gasteiger partial charge in [0.1, 0.15) is 11.8 Å². The van der Waals surface area contributed by atoms with Crippen molar-refractivity contribution in [3.63, 3.8) is 0 Å². The summed E-state index contributed by atoms with van der Waals surface area (Å²) in [7, 11) is 0.